The number of aromatic hydroxyl groups is 1. The van der Waals surface area contributed by atoms with Crippen LogP contribution in [0.1, 0.15) is 58.6 Å². The average Bonchev–Trinajstić information content (AvgIpc) is 2.37. The molecule has 118 valence electrons. The van der Waals surface area contributed by atoms with E-state index in [0.717, 1.165) is 11.5 Å². The summed E-state index contributed by atoms with van der Waals surface area (Å²) in [7, 11) is 0. The third-order valence-corrected chi connectivity index (χ3v) is 4.95. The second kappa shape index (κ2) is 6.78. The summed E-state index contributed by atoms with van der Waals surface area (Å²) in [5.74, 6) is 1.72. The minimum atomic E-state index is -0.394. The Hall–Kier alpha value is -1.09. The van der Waals surface area contributed by atoms with Gasteiger partial charge in [0.2, 0.25) is 0 Å². The first-order valence-corrected chi connectivity index (χ1v) is 8.13. The van der Waals surface area contributed by atoms with Gasteiger partial charge in [0.05, 0.1) is 0 Å². The highest BCUT2D eigenvalue weighted by atomic mass is 19.1. The molecule has 1 fully saturated rings. The molecule has 2 rings (SSSR count). The third-order valence-electron chi connectivity index (χ3n) is 4.95. The van der Waals surface area contributed by atoms with Crippen molar-refractivity contribution in [1.82, 2.24) is 5.32 Å². The monoisotopic (exact) mass is 293 g/mol. The molecule has 0 spiro atoms. The lowest BCUT2D eigenvalue weighted by Crippen LogP contribution is -2.43. The number of halogens is 1. The summed E-state index contributed by atoms with van der Waals surface area (Å²) in [6.07, 6.45) is 3.74. The first-order valence-electron chi connectivity index (χ1n) is 8.13. The van der Waals surface area contributed by atoms with Crippen LogP contribution in [0.2, 0.25) is 0 Å². The molecule has 0 radical (unpaired) electrons. The average molecular weight is 293 g/mol. The summed E-state index contributed by atoms with van der Waals surface area (Å²) in [6.45, 7) is 8.93. The first kappa shape index (κ1) is 16.3. The molecule has 0 bridgehead atoms. The highest BCUT2D eigenvalue weighted by molar-refractivity contribution is 5.35. The van der Waals surface area contributed by atoms with E-state index in [-0.39, 0.29) is 11.8 Å². The second-order valence-electron chi connectivity index (χ2n) is 7.02. The number of benzene rings is 1. The molecule has 0 aromatic heterocycles. The molecule has 2 nitrogen and oxygen atoms in total. The fraction of sp³-hybridized carbons (Fsp3) is 0.667. The molecular weight excluding hydrogens is 265 g/mol. The van der Waals surface area contributed by atoms with E-state index in [0.29, 0.717) is 17.9 Å². The third kappa shape index (κ3) is 3.97. The molecule has 1 aliphatic rings. The van der Waals surface area contributed by atoms with E-state index in [1.165, 1.54) is 31.4 Å². The van der Waals surface area contributed by atoms with Gasteiger partial charge in [0, 0.05) is 23.7 Å². The van der Waals surface area contributed by atoms with Crippen LogP contribution in [0.15, 0.2) is 18.2 Å². The maximum Gasteiger partial charge on any atom is 0.126 e. The van der Waals surface area contributed by atoms with Gasteiger partial charge < -0.3 is 10.4 Å². The van der Waals surface area contributed by atoms with Crippen molar-refractivity contribution in [2.45, 2.75) is 59.0 Å². The van der Waals surface area contributed by atoms with Crippen LogP contribution in [0.3, 0.4) is 0 Å². The van der Waals surface area contributed by atoms with Gasteiger partial charge in [-0.1, -0.05) is 33.3 Å². The van der Waals surface area contributed by atoms with E-state index in [9.17, 15) is 9.50 Å². The fourth-order valence-corrected chi connectivity index (χ4v) is 3.69. The quantitative estimate of drug-likeness (QED) is 0.847. The number of phenols is 1. The lowest BCUT2D eigenvalue weighted by atomic mass is 9.73. The molecule has 3 heteroatoms. The zero-order valence-electron chi connectivity index (χ0n) is 13.6. The topological polar surface area (TPSA) is 32.3 Å². The lowest BCUT2D eigenvalue weighted by molar-refractivity contribution is 0.160. The van der Waals surface area contributed by atoms with Gasteiger partial charge in [0.15, 0.2) is 0 Å². The number of phenolic OH excluding ortho intramolecular Hbond substituents is 1. The Bertz CT molecular complexity index is 474. The van der Waals surface area contributed by atoms with Crippen molar-refractivity contribution in [3.63, 3.8) is 0 Å². The summed E-state index contributed by atoms with van der Waals surface area (Å²) >= 11 is 0. The molecule has 1 saturated carbocycles. The Labute approximate surface area is 127 Å². The Kier molecular flexibility index (Phi) is 5.26. The minimum absolute atomic E-state index is 0.0298. The van der Waals surface area contributed by atoms with E-state index >= 15 is 0 Å². The predicted molar refractivity (Wildman–Crippen MR) is 84.7 cm³/mol. The Balaban J connectivity index is 2.10. The van der Waals surface area contributed by atoms with Crippen molar-refractivity contribution in [1.29, 1.82) is 0 Å². The largest absolute Gasteiger partial charge is 0.508 e. The van der Waals surface area contributed by atoms with Crippen LogP contribution < -0.4 is 5.32 Å². The summed E-state index contributed by atoms with van der Waals surface area (Å²) in [4.78, 5) is 0. The van der Waals surface area contributed by atoms with Crippen LogP contribution in [0, 0.1) is 23.6 Å². The summed E-state index contributed by atoms with van der Waals surface area (Å²) in [5, 5.41) is 13.6. The summed E-state index contributed by atoms with van der Waals surface area (Å²) in [5.41, 5.74) is 0.775. The molecular formula is C18H28FNO. The normalized spacial score (nSPS) is 27.8. The van der Waals surface area contributed by atoms with Crippen LogP contribution in [-0.2, 0) is 0 Å². The lowest BCUT2D eigenvalue weighted by Gasteiger charge is -2.39. The molecule has 1 aliphatic carbocycles. The van der Waals surface area contributed by atoms with Crippen molar-refractivity contribution >= 4 is 0 Å². The second-order valence-corrected chi connectivity index (χ2v) is 7.02. The maximum absolute atomic E-state index is 13.1. The van der Waals surface area contributed by atoms with E-state index in [1.54, 1.807) is 6.07 Å². The van der Waals surface area contributed by atoms with Crippen LogP contribution in [0.4, 0.5) is 4.39 Å². The van der Waals surface area contributed by atoms with Crippen molar-refractivity contribution in [3.8, 4) is 5.75 Å². The van der Waals surface area contributed by atoms with Crippen LogP contribution in [0.25, 0.3) is 0 Å². The number of rotatable bonds is 4. The van der Waals surface area contributed by atoms with Gasteiger partial charge in [-0.05, 0) is 43.6 Å². The Morgan fingerprint density at radius 1 is 1.24 bits per heavy atom. The van der Waals surface area contributed by atoms with Gasteiger partial charge in [-0.25, -0.2) is 4.39 Å². The minimum Gasteiger partial charge on any atom is -0.508 e. The number of hydrogen-bond donors (Lipinski definition) is 2. The Morgan fingerprint density at radius 3 is 2.57 bits per heavy atom. The van der Waals surface area contributed by atoms with Crippen LogP contribution >= 0.6 is 0 Å². The number of hydrogen-bond acceptors (Lipinski definition) is 2. The van der Waals surface area contributed by atoms with Crippen molar-refractivity contribution in [2.75, 3.05) is 0 Å². The van der Waals surface area contributed by atoms with Gasteiger partial charge in [-0.3, -0.25) is 0 Å². The molecule has 21 heavy (non-hydrogen) atoms. The molecule has 0 heterocycles. The van der Waals surface area contributed by atoms with Gasteiger partial charge >= 0.3 is 0 Å². The number of nitrogens with one attached hydrogen (secondary N) is 1. The predicted octanol–water partition coefficient (Wildman–Crippen LogP) is 4.64. The SMILES string of the molecule is CC1CCC(C(C)C)C(NC(C)c2ccc(F)cc2O)C1. The van der Waals surface area contributed by atoms with Gasteiger partial charge in [-0.15, -0.1) is 0 Å². The van der Waals surface area contributed by atoms with Gasteiger partial charge in [0.1, 0.15) is 11.6 Å². The molecule has 1 aromatic rings. The fourth-order valence-electron chi connectivity index (χ4n) is 3.69. The highest BCUT2D eigenvalue weighted by Gasteiger charge is 2.31. The standard InChI is InChI=1S/C18H28FNO/c1-11(2)15-7-5-12(3)9-17(15)20-13(4)16-8-6-14(19)10-18(16)21/h6,8,10-13,15,17,20-21H,5,7,9H2,1-4H3. The van der Waals surface area contributed by atoms with E-state index in [2.05, 4.69) is 26.1 Å². The molecule has 0 aliphatic heterocycles. The van der Waals surface area contributed by atoms with Gasteiger partial charge in [0.25, 0.3) is 0 Å². The van der Waals surface area contributed by atoms with Crippen LogP contribution in [0.5, 0.6) is 5.75 Å². The smallest absolute Gasteiger partial charge is 0.126 e. The zero-order valence-corrected chi connectivity index (χ0v) is 13.6. The Morgan fingerprint density at radius 2 is 1.95 bits per heavy atom. The maximum atomic E-state index is 13.1. The molecule has 0 amide bonds. The molecule has 4 atom stereocenters. The van der Waals surface area contributed by atoms with E-state index in [4.69, 9.17) is 0 Å². The molecule has 0 saturated heterocycles. The molecule has 2 N–H and O–H groups in total. The van der Waals surface area contributed by atoms with E-state index < -0.39 is 5.82 Å². The van der Waals surface area contributed by atoms with Crippen molar-refractivity contribution in [2.24, 2.45) is 17.8 Å². The molecule has 1 aromatic carbocycles. The zero-order chi connectivity index (χ0) is 15.6. The van der Waals surface area contributed by atoms with Crippen molar-refractivity contribution < 1.29 is 9.50 Å². The molecule has 4 unspecified atom stereocenters. The van der Waals surface area contributed by atoms with E-state index in [1.807, 2.05) is 6.92 Å². The highest BCUT2D eigenvalue weighted by Crippen LogP contribution is 2.35. The van der Waals surface area contributed by atoms with Crippen LogP contribution in [-0.4, -0.2) is 11.1 Å². The summed E-state index contributed by atoms with van der Waals surface area (Å²) < 4.78 is 13.1. The van der Waals surface area contributed by atoms with Crippen molar-refractivity contribution in [3.05, 3.63) is 29.6 Å². The first-order chi connectivity index (χ1) is 9.88. The summed E-state index contributed by atoms with van der Waals surface area (Å²) in [6, 6.07) is 4.78. The van der Waals surface area contributed by atoms with Gasteiger partial charge in [-0.2, -0.15) is 0 Å².